The van der Waals surface area contributed by atoms with Gasteiger partial charge in [0.15, 0.2) is 0 Å². The van der Waals surface area contributed by atoms with Crippen LogP contribution >= 0.6 is 11.6 Å². The number of anilines is 1. The molecule has 3 rings (SSSR count). The van der Waals surface area contributed by atoms with E-state index in [4.69, 9.17) is 11.6 Å². The molecule has 1 atom stereocenters. The van der Waals surface area contributed by atoms with Crippen molar-refractivity contribution >= 4 is 23.3 Å². The Kier molecular flexibility index (Phi) is 3.85. The van der Waals surface area contributed by atoms with E-state index in [1.165, 1.54) is 25.8 Å². The zero-order chi connectivity index (χ0) is 14.1. The Morgan fingerprint density at radius 1 is 1.25 bits per heavy atom. The van der Waals surface area contributed by atoms with E-state index in [1.54, 1.807) is 12.1 Å². The number of benzene rings is 1. The molecule has 20 heavy (non-hydrogen) atoms. The summed E-state index contributed by atoms with van der Waals surface area (Å²) in [5.74, 6) is -0.909. The van der Waals surface area contributed by atoms with E-state index < -0.39 is 5.97 Å². The number of nitrogens with zero attached hydrogens (tertiary/aromatic N) is 2. The van der Waals surface area contributed by atoms with Crippen LogP contribution in [0.15, 0.2) is 18.2 Å². The zero-order valence-electron chi connectivity index (χ0n) is 11.4. The summed E-state index contributed by atoms with van der Waals surface area (Å²) in [7, 11) is 0. The van der Waals surface area contributed by atoms with Crippen molar-refractivity contribution in [3.8, 4) is 0 Å². The molecule has 0 bridgehead atoms. The second kappa shape index (κ2) is 5.62. The third-order valence-corrected chi connectivity index (χ3v) is 4.60. The lowest BCUT2D eigenvalue weighted by atomic mass is 9.98. The molecule has 1 unspecified atom stereocenters. The highest BCUT2D eigenvalue weighted by molar-refractivity contribution is 6.31. The molecular weight excluding hydrogens is 276 g/mol. The number of hydrogen-bond acceptors (Lipinski definition) is 3. The third-order valence-electron chi connectivity index (χ3n) is 4.37. The van der Waals surface area contributed by atoms with Crippen molar-refractivity contribution in [1.29, 1.82) is 0 Å². The van der Waals surface area contributed by atoms with E-state index in [0.29, 0.717) is 16.6 Å². The maximum absolute atomic E-state index is 11.4. The molecule has 0 radical (unpaired) electrons. The van der Waals surface area contributed by atoms with Crippen LogP contribution in [0, 0.1) is 0 Å². The minimum atomic E-state index is -0.909. The molecule has 1 N–H and O–H groups in total. The SMILES string of the molecule is O=C(O)c1cc(Cl)ccc1N1CCN2CCCCC2C1. The van der Waals surface area contributed by atoms with E-state index >= 15 is 0 Å². The van der Waals surface area contributed by atoms with Crippen LogP contribution in [0.25, 0.3) is 0 Å². The number of aromatic carboxylic acids is 1. The molecule has 2 aliphatic rings. The highest BCUT2D eigenvalue weighted by Crippen LogP contribution is 2.29. The summed E-state index contributed by atoms with van der Waals surface area (Å²) in [4.78, 5) is 16.1. The Balaban J connectivity index is 1.84. The molecule has 0 aliphatic carbocycles. The van der Waals surface area contributed by atoms with Gasteiger partial charge in [0.1, 0.15) is 0 Å². The summed E-state index contributed by atoms with van der Waals surface area (Å²) in [6.07, 6.45) is 3.78. The first-order valence-corrected chi connectivity index (χ1v) is 7.55. The largest absolute Gasteiger partial charge is 0.478 e. The van der Waals surface area contributed by atoms with Crippen molar-refractivity contribution in [2.45, 2.75) is 25.3 Å². The van der Waals surface area contributed by atoms with E-state index in [2.05, 4.69) is 9.80 Å². The van der Waals surface area contributed by atoms with Gasteiger partial charge in [-0.15, -0.1) is 0 Å². The van der Waals surface area contributed by atoms with Crippen LogP contribution in [0.5, 0.6) is 0 Å². The summed E-state index contributed by atoms with van der Waals surface area (Å²) in [6, 6.07) is 5.72. The quantitative estimate of drug-likeness (QED) is 0.911. The maximum Gasteiger partial charge on any atom is 0.337 e. The first-order chi connectivity index (χ1) is 9.65. The molecule has 0 amide bonds. The van der Waals surface area contributed by atoms with Crippen molar-refractivity contribution in [2.24, 2.45) is 0 Å². The number of rotatable bonds is 2. The lowest BCUT2D eigenvalue weighted by Gasteiger charge is -2.45. The molecule has 0 spiro atoms. The number of carbonyl (C=O) groups is 1. The van der Waals surface area contributed by atoms with Crippen LogP contribution in [0.3, 0.4) is 0 Å². The lowest BCUT2D eigenvalue weighted by Crippen LogP contribution is -2.55. The number of hydrogen-bond donors (Lipinski definition) is 1. The molecule has 2 saturated heterocycles. The molecule has 2 aliphatic heterocycles. The number of carboxylic acids is 1. The summed E-state index contributed by atoms with van der Waals surface area (Å²) >= 11 is 5.92. The molecule has 0 saturated carbocycles. The van der Waals surface area contributed by atoms with Gasteiger partial charge in [0.05, 0.1) is 11.3 Å². The van der Waals surface area contributed by atoms with Crippen LogP contribution in [0.1, 0.15) is 29.6 Å². The van der Waals surface area contributed by atoms with Gasteiger partial charge in [-0.25, -0.2) is 4.79 Å². The van der Waals surface area contributed by atoms with Gasteiger partial charge < -0.3 is 10.0 Å². The van der Waals surface area contributed by atoms with Crippen molar-refractivity contribution in [3.63, 3.8) is 0 Å². The van der Waals surface area contributed by atoms with E-state index in [-0.39, 0.29) is 0 Å². The topological polar surface area (TPSA) is 43.8 Å². The Hall–Kier alpha value is -1.26. The maximum atomic E-state index is 11.4. The molecule has 1 aromatic rings. The van der Waals surface area contributed by atoms with Crippen LogP contribution in [-0.2, 0) is 0 Å². The molecule has 0 aromatic heterocycles. The van der Waals surface area contributed by atoms with Gasteiger partial charge in [-0.05, 0) is 37.6 Å². The first-order valence-electron chi connectivity index (χ1n) is 7.17. The molecule has 5 heteroatoms. The number of halogens is 1. The molecule has 2 heterocycles. The van der Waals surface area contributed by atoms with Crippen LogP contribution in [-0.4, -0.2) is 48.2 Å². The molecule has 4 nitrogen and oxygen atoms in total. The Morgan fingerprint density at radius 3 is 2.90 bits per heavy atom. The normalized spacial score (nSPS) is 23.4. The van der Waals surface area contributed by atoms with Gasteiger partial charge in [0.2, 0.25) is 0 Å². The zero-order valence-corrected chi connectivity index (χ0v) is 12.1. The number of carboxylic acid groups (broad SMARTS) is 1. The average molecular weight is 295 g/mol. The fourth-order valence-electron chi connectivity index (χ4n) is 3.33. The van der Waals surface area contributed by atoms with E-state index in [9.17, 15) is 9.90 Å². The number of fused-ring (bicyclic) bond motifs is 1. The molecule has 108 valence electrons. The molecular formula is C15H19ClN2O2. The van der Waals surface area contributed by atoms with E-state index in [1.807, 2.05) is 6.07 Å². The monoisotopic (exact) mass is 294 g/mol. The first kappa shape index (κ1) is 13.7. The predicted molar refractivity (Wildman–Crippen MR) is 79.8 cm³/mol. The summed E-state index contributed by atoms with van der Waals surface area (Å²) in [5, 5.41) is 9.83. The van der Waals surface area contributed by atoms with Crippen molar-refractivity contribution in [1.82, 2.24) is 4.90 Å². The fraction of sp³-hybridized carbons (Fsp3) is 0.533. The summed E-state index contributed by atoms with van der Waals surface area (Å²) < 4.78 is 0. The molecule has 1 aromatic carbocycles. The fourth-order valence-corrected chi connectivity index (χ4v) is 3.50. The minimum Gasteiger partial charge on any atom is -0.478 e. The smallest absolute Gasteiger partial charge is 0.337 e. The lowest BCUT2D eigenvalue weighted by molar-refractivity contribution is 0.0696. The predicted octanol–water partition coefficient (Wildman–Crippen LogP) is 2.71. The number of piperidine rings is 1. The van der Waals surface area contributed by atoms with Gasteiger partial charge in [0.25, 0.3) is 0 Å². The van der Waals surface area contributed by atoms with Gasteiger partial charge in [-0.2, -0.15) is 0 Å². The second-order valence-corrected chi connectivity index (χ2v) is 6.03. The Bertz CT molecular complexity index is 521. The average Bonchev–Trinajstić information content (AvgIpc) is 2.46. The Labute approximate surface area is 123 Å². The summed E-state index contributed by atoms with van der Waals surface area (Å²) in [6.45, 7) is 4.01. The number of piperazine rings is 1. The minimum absolute atomic E-state index is 0.307. The van der Waals surface area contributed by atoms with Gasteiger partial charge >= 0.3 is 5.97 Å². The van der Waals surface area contributed by atoms with Crippen molar-refractivity contribution < 1.29 is 9.90 Å². The van der Waals surface area contributed by atoms with Crippen LogP contribution in [0.2, 0.25) is 5.02 Å². The van der Waals surface area contributed by atoms with Gasteiger partial charge in [0, 0.05) is 30.7 Å². The van der Waals surface area contributed by atoms with Gasteiger partial charge in [-0.3, -0.25) is 4.90 Å². The molecule has 2 fully saturated rings. The van der Waals surface area contributed by atoms with Crippen LogP contribution < -0.4 is 4.90 Å². The van der Waals surface area contributed by atoms with Crippen molar-refractivity contribution in [2.75, 3.05) is 31.1 Å². The highest BCUT2D eigenvalue weighted by Gasteiger charge is 2.30. The van der Waals surface area contributed by atoms with Gasteiger partial charge in [-0.1, -0.05) is 18.0 Å². The Morgan fingerprint density at radius 2 is 2.10 bits per heavy atom. The highest BCUT2D eigenvalue weighted by atomic mass is 35.5. The summed E-state index contributed by atoms with van der Waals surface area (Å²) in [5.41, 5.74) is 1.11. The van der Waals surface area contributed by atoms with E-state index in [0.717, 1.165) is 25.3 Å². The standard InChI is InChI=1S/C15H19ClN2O2/c16-11-4-5-14(13(9-11)15(19)20)18-8-7-17-6-2-1-3-12(17)10-18/h4-5,9,12H,1-3,6-8,10H2,(H,19,20). The second-order valence-electron chi connectivity index (χ2n) is 5.60. The van der Waals surface area contributed by atoms with Crippen molar-refractivity contribution in [3.05, 3.63) is 28.8 Å². The third kappa shape index (κ3) is 2.63. The van der Waals surface area contributed by atoms with Crippen LogP contribution in [0.4, 0.5) is 5.69 Å².